The van der Waals surface area contributed by atoms with E-state index in [0.29, 0.717) is 16.8 Å². The molecule has 0 saturated heterocycles. The number of amides is 1. The van der Waals surface area contributed by atoms with Gasteiger partial charge in [-0.05, 0) is 24.3 Å². The van der Waals surface area contributed by atoms with Gasteiger partial charge in [0, 0.05) is 37.5 Å². The number of nitrogens with one attached hydrogen (secondary N) is 1. The number of carbonyl (C=O) groups is 1. The van der Waals surface area contributed by atoms with Crippen molar-refractivity contribution < 1.29 is 18.3 Å². The molecule has 0 spiro atoms. The number of likely N-dealkylation sites (N-methyl/N-ethyl adjacent to an activating group) is 1. The number of hydrogen-bond donors (Lipinski definition) is 2. The molecule has 8 heteroatoms. The molecule has 1 heterocycles. The van der Waals surface area contributed by atoms with E-state index in [2.05, 4.69) is 10.3 Å². The molecule has 0 aliphatic rings. The van der Waals surface area contributed by atoms with Crippen molar-refractivity contribution >= 4 is 15.9 Å². The highest BCUT2D eigenvalue weighted by Crippen LogP contribution is 2.26. The highest BCUT2D eigenvalue weighted by atomic mass is 32.2. The first-order valence-electron chi connectivity index (χ1n) is 7.23. The van der Waals surface area contributed by atoms with Crippen LogP contribution in [0.4, 0.5) is 0 Å². The van der Waals surface area contributed by atoms with Gasteiger partial charge in [-0.15, -0.1) is 0 Å². The number of nitrogens with zero attached hydrogens (tertiary/aromatic N) is 2. The van der Waals surface area contributed by atoms with Crippen LogP contribution in [0.1, 0.15) is 10.4 Å². The largest absolute Gasteiger partial charge is 0.506 e. The standard InChI is InChI=1S/C16H19N3O4S/c1-19(24(2,22)23)11-10-18-16(21)13-7-5-12(6-8-13)15-14(20)4-3-9-17-15/h3-9,20H,10-11H2,1-2H3,(H,18,21). The molecule has 24 heavy (non-hydrogen) atoms. The maximum Gasteiger partial charge on any atom is 0.251 e. The van der Waals surface area contributed by atoms with Crippen LogP contribution >= 0.6 is 0 Å². The van der Waals surface area contributed by atoms with E-state index in [1.165, 1.54) is 11.4 Å². The van der Waals surface area contributed by atoms with Crippen LogP contribution in [-0.4, -0.2) is 55.1 Å². The van der Waals surface area contributed by atoms with Gasteiger partial charge < -0.3 is 10.4 Å². The molecule has 2 aromatic rings. The lowest BCUT2D eigenvalue weighted by Gasteiger charge is -2.14. The second-order valence-corrected chi connectivity index (χ2v) is 7.38. The van der Waals surface area contributed by atoms with Gasteiger partial charge in [0.05, 0.1) is 6.26 Å². The van der Waals surface area contributed by atoms with E-state index in [1.54, 1.807) is 42.6 Å². The molecule has 1 aromatic heterocycles. The molecule has 1 amide bonds. The molecule has 7 nitrogen and oxygen atoms in total. The summed E-state index contributed by atoms with van der Waals surface area (Å²) in [4.78, 5) is 16.1. The van der Waals surface area contributed by atoms with Gasteiger partial charge in [-0.1, -0.05) is 12.1 Å². The molecule has 0 aliphatic carbocycles. The minimum absolute atomic E-state index is 0.0681. The van der Waals surface area contributed by atoms with Crippen LogP contribution in [0.2, 0.25) is 0 Å². The zero-order valence-electron chi connectivity index (χ0n) is 13.4. The summed E-state index contributed by atoms with van der Waals surface area (Å²) >= 11 is 0. The molecule has 0 fully saturated rings. The monoisotopic (exact) mass is 349 g/mol. The van der Waals surface area contributed by atoms with Crippen molar-refractivity contribution in [1.82, 2.24) is 14.6 Å². The van der Waals surface area contributed by atoms with Crippen LogP contribution < -0.4 is 5.32 Å². The molecule has 0 aliphatic heterocycles. The highest BCUT2D eigenvalue weighted by molar-refractivity contribution is 7.88. The van der Waals surface area contributed by atoms with Crippen LogP contribution in [0.15, 0.2) is 42.6 Å². The molecule has 2 N–H and O–H groups in total. The fourth-order valence-corrected chi connectivity index (χ4v) is 2.42. The first-order chi connectivity index (χ1) is 11.3. The Morgan fingerprint density at radius 1 is 1.25 bits per heavy atom. The Labute approximate surface area is 141 Å². The van der Waals surface area contributed by atoms with E-state index < -0.39 is 10.0 Å². The van der Waals surface area contributed by atoms with Gasteiger partial charge in [0.15, 0.2) is 0 Å². The number of hydrogen-bond acceptors (Lipinski definition) is 5. The summed E-state index contributed by atoms with van der Waals surface area (Å²) in [5.74, 6) is -0.229. The molecule has 2 rings (SSSR count). The quantitative estimate of drug-likeness (QED) is 0.813. The van der Waals surface area contributed by atoms with Crippen molar-refractivity contribution in [3.05, 3.63) is 48.2 Å². The Balaban J connectivity index is 1.98. The van der Waals surface area contributed by atoms with Crippen LogP contribution in [0, 0.1) is 0 Å². The zero-order valence-corrected chi connectivity index (χ0v) is 14.2. The van der Waals surface area contributed by atoms with Gasteiger partial charge in [0.1, 0.15) is 11.4 Å². The number of rotatable bonds is 6. The van der Waals surface area contributed by atoms with E-state index in [1.807, 2.05) is 0 Å². The van der Waals surface area contributed by atoms with E-state index in [0.717, 1.165) is 6.26 Å². The lowest BCUT2D eigenvalue weighted by atomic mass is 10.1. The predicted octanol–water partition coefficient (Wildman–Crippen LogP) is 1.08. The summed E-state index contributed by atoms with van der Waals surface area (Å²) in [5.41, 5.74) is 1.58. The smallest absolute Gasteiger partial charge is 0.251 e. The highest BCUT2D eigenvalue weighted by Gasteiger charge is 2.12. The molecule has 128 valence electrons. The van der Waals surface area contributed by atoms with Crippen LogP contribution in [0.25, 0.3) is 11.3 Å². The Kier molecular flexibility index (Phi) is 5.53. The number of sulfonamides is 1. The van der Waals surface area contributed by atoms with Crippen molar-refractivity contribution in [2.45, 2.75) is 0 Å². The van der Waals surface area contributed by atoms with Crippen molar-refractivity contribution in [3.63, 3.8) is 0 Å². The molecule has 0 bridgehead atoms. The van der Waals surface area contributed by atoms with E-state index in [-0.39, 0.29) is 24.7 Å². The van der Waals surface area contributed by atoms with E-state index in [9.17, 15) is 18.3 Å². The normalized spacial score (nSPS) is 11.5. The number of carbonyl (C=O) groups excluding carboxylic acids is 1. The molecule has 0 saturated carbocycles. The Morgan fingerprint density at radius 2 is 1.92 bits per heavy atom. The van der Waals surface area contributed by atoms with Gasteiger partial charge in [0.2, 0.25) is 10.0 Å². The van der Waals surface area contributed by atoms with E-state index >= 15 is 0 Å². The number of aromatic nitrogens is 1. The topological polar surface area (TPSA) is 99.6 Å². The molecule has 0 atom stereocenters. The van der Waals surface area contributed by atoms with Crippen molar-refractivity contribution in [1.29, 1.82) is 0 Å². The summed E-state index contributed by atoms with van der Waals surface area (Å²) in [5, 5.41) is 12.4. The molecule has 0 unspecified atom stereocenters. The fourth-order valence-electron chi connectivity index (χ4n) is 1.99. The molecular weight excluding hydrogens is 330 g/mol. The van der Waals surface area contributed by atoms with Gasteiger partial charge in [-0.2, -0.15) is 0 Å². The first-order valence-corrected chi connectivity index (χ1v) is 9.08. The number of benzene rings is 1. The van der Waals surface area contributed by atoms with Crippen molar-refractivity contribution in [2.24, 2.45) is 0 Å². The minimum Gasteiger partial charge on any atom is -0.506 e. The average Bonchev–Trinajstić information content (AvgIpc) is 2.54. The number of pyridine rings is 1. The first kappa shape index (κ1) is 17.9. The maximum absolute atomic E-state index is 12.0. The second-order valence-electron chi connectivity index (χ2n) is 5.29. The van der Waals surface area contributed by atoms with Gasteiger partial charge >= 0.3 is 0 Å². The Bertz CT molecular complexity index is 819. The van der Waals surface area contributed by atoms with Gasteiger partial charge in [-0.25, -0.2) is 12.7 Å². The Hall–Kier alpha value is -2.45. The minimum atomic E-state index is -3.25. The van der Waals surface area contributed by atoms with Crippen LogP contribution in [-0.2, 0) is 10.0 Å². The fraction of sp³-hybridized carbons (Fsp3) is 0.250. The third kappa shape index (κ3) is 4.53. The third-order valence-corrected chi connectivity index (χ3v) is 4.80. The van der Waals surface area contributed by atoms with Crippen LogP contribution in [0.3, 0.4) is 0 Å². The molecule has 1 aromatic carbocycles. The second kappa shape index (κ2) is 7.41. The average molecular weight is 349 g/mol. The van der Waals surface area contributed by atoms with Crippen molar-refractivity contribution in [3.8, 4) is 17.0 Å². The predicted molar refractivity (Wildman–Crippen MR) is 91.1 cm³/mol. The third-order valence-electron chi connectivity index (χ3n) is 3.49. The van der Waals surface area contributed by atoms with Gasteiger partial charge in [0.25, 0.3) is 5.91 Å². The summed E-state index contributed by atoms with van der Waals surface area (Å²) < 4.78 is 23.7. The lowest BCUT2D eigenvalue weighted by Crippen LogP contribution is -2.35. The zero-order chi connectivity index (χ0) is 17.7. The van der Waals surface area contributed by atoms with Crippen LogP contribution in [0.5, 0.6) is 5.75 Å². The summed E-state index contributed by atoms with van der Waals surface area (Å²) in [6.07, 6.45) is 2.69. The van der Waals surface area contributed by atoms with Gasteiger partial charge in [-0.3, -0.25) is 9.78 Å². The molecular formula is C16H19N3O4S. The Morgan fingerprint density at radius 3 is 2.50 bits per heavy atom. The summed E-state index contributed by atoms with van der Waals surface area (Å²) in [6, 6.07) is 9.81. The number of aromatic hydroxyl groups is 1. The summed E-state index contributed by atoms with van der Waals surface area (Å²) in [7, 11) is -1.80. The lowest BCUT2D eigenvalue weighted by molar-refractivity contribution is 0.0952. The molecule has 0 radical (unpaired) electrons. The summed E-state index contributed by atoms with van der Waals surface area (Å²) in [6.45, 7) is 0.412. The maximum atomic E-state index is 12.0. The van der Waals surface area contributed by atoms with Crippen molar-refractivity contribution in [2.75, 3.05) is 26.4 Å². The SMILES string of the molecule is CN(CCNC(=O)c1ccc(-c2ncccc2O)cc1)S(C)(=O)=O. The van der Waals surface area contributed by atoms with E-state index in [4.69, 9.17) is 0 Å².